The predicted octanol–water partition coefficient (Wildman–Crippen LogP) is 3.07. The van der Waals surface area contributed by atoms with Gasteiger partial charge in [0, 0.05) is 24.5 Å². The lowest BCUT2D eigenvalue weighted by Crippen LogP contribution is -2.36. The first kappa shape index (κ1) is 24.2. The molecule has 2 aromatic rings. The van der Waals surface area contributed by atoms with Gasteiger partial charge in [-0.05, 0) is 24.0 Å². The summed E-state index contributed by atoms with van der Waals surface area (Å²) in [7, 11) is 0. The third kappa shape index (κ3) is 9.61. The largest absolute Gasteiger partial charge is 0.348 e. The molecule has 2 rings (SSSR count). The molecule has 160 valence electrons. The maximum absolute atomic E-state index is 12.6. The molecule has 0 aliphatic rings. The maximum atomic E-state index is 12.6. The highest BCUT2D eigenvalue weighted by atomic mass is 32.2. The fraction of sp³-hybridized carbons (Fsp3) is 0.348. The Hall–Kier alpha value is -2.09. The molecule has 30 heavy (non-hydrogen) atoms. The van der Waals surface area contributed by atoms with Crippen molar-refractivity contribution in [3.8, 4) is 0 Å². The number of nitrogens with one attached hydrogen (secondary N) is 1. The normalized spacial score (nSPS) is 12.7. The van der Waals surface area contributed by atoms with E-state index in [0.717, 1.165) is 34.7 Å². The average molecular weight is 445 g/mol. The summed E-state index contributed by atoms with van der Waals surface area (Å²) in [5.41, 5.74) is 8.28. The minimum absolute atomic E-state index is 0.0279. The monoisotopic (exact) mass is 444 g/mol. The fourth-order valence-electron chi connectivity index (χ4n) is 2.87. The van der Waals surface area contributed by atoms with E-state index in [-0.39, 0.29) is 34.6 Å². The van der Waals surface area contributed by atoms with Crippen LogP contribution in [0, 0.1) is 5.92 Å². The van der Waals surface area contributed by atoms with Crippen LogP contribution in [0.1, 0.15) is 18.1 Å². The first-order chi connectivity index (χ1) is 14.4. The van der Waals surface area contributed by atoms with Gasteiger partial charge in [-0.2, -0.15) is 0 Å². The maximum Gasteiger partial charge on any atom is 0.224 e. The van der Waals surface area contributed by atoms with Crippen LogP contribution in [0.5, 0.6) is 0 Å². The molecule has 2 atom stereocenters. The molecule has 1 amide bonds. The van der Waals surface area contributed by atoms with Crippen LogP contribution < -0.4 is 11.1 Å². The minimum atomic E-state index is -0.376. The second-order valence-electron chi connectivity index (χ2n) is 7.04. The van der Waals surface area contributed by atoms with Gasteiger partial charge in [0.25, 0.3) is 0 Å². The van der Waals surface area contributed by atoms with Crippen LogP contribution in [0.2, 0.25) is 0 Å². The zero-order valence-electron chi connectivity index (χ0n) is 17.1. The number of hydrogen-bond donors (Lipinski definition) is 2. The molecule has 3 N–H and O–H groups in total. The van der Waals surface area contributed by atoms with Gasteiger partial charge in [-0.3, -0.25) is 14.4 Å². The molecule has 0 heterocycles. The number of hydrogen-bond acceptors (Lipinski definition) is 6. The van der Waals surface area contributed by atoms with Gasteiger partial charge in [0.05, 0.1) is 12.5 Å². The molecule has 0 fully saturated rings. The summed E-state index contributed by atoms with van der Waals surface area (Å²) in [6.07, 6.45) is 1.23. The predicted molar refractivity (Wildman–Crippen MR) is 125 cm³/mol. The Kier molecular flexibility index (Phi) is 10.7. The highest BCUT2D eigenvalue weighted by Gasteiger charge is 2.21. The van der Waals surface area contributed by atoms with E-state index in [4.69, 9.17) is 5.73 Å². The molecule has 0 aliphatic heterocycles. The third-order valence-electron chi connectivity index (χ3n) is 4.39. The van der Waals surface area contributed by atoms with E-state index in [1.807, 2.05) is 60.7 Å². The van der Waals surface area contributed by atoms with Crippen LogP contribution in [0.4, 0.5) is 0 Å². The molecule has 1 unspecified atom stereocenters. The highest BCUT2D eigenvalue weighted by molar-refractivity contribution is 8.13. The molecule has 0 aromatic heterocycles. The molecule has 0 saturated heterocycles. The van der Waals surface area contributed by atoms with Crippen LogP contribution >= 0.6 is 23.5 Å². The van der Waals surface area contributed by atoms with Crippen LogP contribution in [0.15, 0.2) is 60.7 Å². The second kappa shape index (κ2) is 13.3. The van der Waals surface area contributed by atoms with Crippen molar-refractivity contribution in [3.63, 3.8) is 0 Å². The van der Waals surface area contributed by atoms with E-state index in [1.165, 1.54) is 6.92 Å². The molecule has 5 nitrogen and oxygen atoms in total. The zero-order valence-corrected chi connectivity index (χ0v) is 18.7. The zero-order chi connectivity index (χ0) is 21.8. The van der Waals surface area contributed by atoms with Crippen LogP contribution in [-0.4, -0.2) is 40.2 Å². The number of benzene rings is 2. The smallest absolute Gasteiger partial charge is 0.224 e. The topological polar surface area (TPSA) is 89.3 Å². The molecule has 0 radical (unpaired) electrons. The SMILES string of the molecule is CC(=O)SCC(Cc1ccccc1)C(=O)NCC(=O)SC[C@@H](N)Cc1ccccc1. The van der Waals surface area contributed by atoms with Gasteiger partial charge in [0.2, 0.25) is 11.0 Å². The van der Waals surface area contributed by atoms with E-state index >= 15 is 0 Å². The van der Waals surface area contributed by atoms with E-state index < -0.39 is 0 Å². The highest BCUT2D eigenvalue weighted by Crippen LogP contribution is 2.16. The molecule has 0 aliphatic carbocycles. The fourth-order valence-corrected chi connectivity index (χ4v) is 4.27. The van der Waals surface area contributed by atoms with Crippen molar-refractivity contribution >= 4 is 39.7 Å². The van der Waals surface area contributed by atoms with Gasteiger partial charge in [0.15, 0.2) is 5.12 Å². The van der Waals surface area contributed by atoms with Gasteiger partial charge in [0.1, 0.15) is 0 Å². The van der Waals surface area contributed by atoms with E-state index in [2.05, 4.69) is 5.32 Å². The lowest BCUT2D eigenvalue weighted by Gasteiger charge is -2.16. The van der Waals surface area contributed by atoms with Gasteiger partial charge in [-0.1, -0.05) is 84.2 Å². The lowest BCUT2D eigenvalue weighted by atomic mass is 10.0. The number of carbonyl (C=O) groups excluding carboxylic acids is 3. The van der Waals surface area contributed by atoms with E-state index in [1.54, 1.807) is 0 Å². The summed E-state index contributed by atoms with van der Waals surface area (Å²) in [6.45, 7) is 1.44. The Balaban J connectivity index is 1.78. The number of nitrogens with two attached hydrogens (primary N) is 1. The summed E-state index contributed by atoms with van der Waals surface area (Å²) in [5, 5.41) is 2.58. The van der Waals surface area contributed by atoms with Gasteiger partial charge in [-0.25, -0.2) is 0 Å². The van der Waals surface area contributed by atoms with Crippen molar-refractivity contribution in [1.29, 1.82) is 0 Å². The summed E-state index contributed by atoms with van der Waals surface area (Å²) in [4.78, 5) is 36.1. The Labute approximate surface area is 186 Å². The second-order valence-corrected chi connectivity index (χ2v) is 9.31. The minimum Gasteiger partial charge on any atom is -0.348 e. The van der Waals surface area contributed by atoms with E-state index in [9.17, 15) is 14.4 Å². The van der Waals surface area contributed by atoms with Crippen LogP contribution in [-0.2, 0) is 27.2 Å². The summed E-state index contributed by atoms with van der Waals surface area (Å²) >= 11 is 2.27. The number of rotatable bonds is 11. The van der Waals surface area contributed by atoms with Crippen molar-refractivity contribution in [2.75, 3.05) is 18.1 Å². The number of thioether (sulfide) groups is 2. The summed E-state index contributed by atoms with van der Waals surface area (Å²) in [6, 6.07) is 19.4. The summed E-state index contributed by atoms with van der Waals surface area (Å²) < 4.78 is 0. The van der Waals surface area contributed by atoms with Gasteiger partial charge < -0.3 is 11.1 Å². The Morgan fingerprint density at radius 1 is 0.867 bits per heavy atom. The quantitative estimate of drug-likeness (QED) is 0.554. The van der Waals surface area contributed by atoms with Crippen molar-refractivity contribution in [1.82, 2.24) is 5.32 Å². The molecule has 0 bridgehead atoms. The summed E-state index contributed by atoms with van der Waals surface area (Å²) in [5.74, 6) is 0.297. The molecule has 2 aromatic carbocycles. The van der Waals surface area contributed by atoms with Crippen LogP contribution in [0.25, 0.3) is 0 Å². The molecule has 7 heteroatoms. The molecule has 0 saturated carbocycles. The Morgan fingerprint density at radius 3 is 2.00 bits per heavy atom. The molecule has 0 spiro atoms. The number of amides is 1. The molecular weight excluding hydrogens is 416 g/mol. The standard InChI is InChI=1S/C23H28N2O3S2/c1-17(26)29-15-20(12-18-8-4-2-5-9-18)23(28)25-14-22(27)30-16-21(24)13-19-10-6-3-7-11-19/h2-11,20-21H,12-16,24H2,1H3,(H,25,28)/t20?,21-/m0/s1. The lowest BCUT2D eigenvalue weighted by molar-refractivity contribution is -0.125. The van der Waals surface area contributed by atoms with Gasteiger partial charge >= 0.3 is 0 Å². The van der Waals surface area contributed by atoms with Crippen molar-refractivity contribution < 1.29 is 14.4 Å². The first-order valence-electron chi connectivity index (χ1n) is 9.84. The Bertz CT molecular complexity index is 816. The third-order valence-corrected chi connectivity index (χ3v) is 6.43. The Morgan fingerprint density at radius 2 is 1.43 bits per heavy atom. The first-order valence-corrected chi connectivity index (χ1v) is 11.8. The number of carbonyl (C=O) groups is 3. The van der Waals surface area contributed by atoms with Crippen molar-refractivity contribution in [2.24, 2.45) is 11.7 Å². The van der Waals surface area contributed by atoms with Crippen molar-refractivity contribution in [2.45, 2.75) is 25.8 Å². The van der Waals surface area contributed by atoms with Crippen molar-refractivity contribution in [3.05, 3.63) is 71.8 Å². The average Bonchev–Trinajstić information content (AvgIpc) is 2.74. The van der Waals surface area contributed by atoms with Gasteiger partial charge in [-0.15, -0.1) is 0 Å². The van der Waals surface area contributed by atoms with E-state index in [0.29, 0.717) is 24.3 Å². The molecular formula is C23H28N2O3S2. The van der Waals surface area contributed by atoms with Crippen LogP contribution in [0.3, 0.4) is 0 Å².